The lowest BCUT2D eigenvalue weighted by Crippen LogP contribution is -2.24. The van der Waals surface area contributed by atoms with E-state index in [1.54, 1.807) is 12.3 Å². The van der Waals surface area contributed by atoms with Crippen LogP contribution >= 0.6 is 0 Å². The highest BCUT2D eigenvalue weighted by molar-refractivity contribution is 5.53. The van der Waals surface area contributed by atoms with Crippen molar-refractivity contribution < 1.29 is 4.74 Å². The summed E-state index contributed by atoms with van der Waals surface area (Å²) in [6, 6.07) is 3.61. The van der Waals surface area contributed by atoms with Crippen LogP contribution < -0.4 is 15.8 Å². The zero-order valence-electron chi connectivity index (χ0n) is 11.4. The summed E-state index contributed by atoms with van der Waals surface area (Å²) in [6.07, 6.45) is 3.59. The molecule has 102 valence electrons. The predicted octanol–water partition coefficient (Wildman–Crippen LogP) is 2.18. The van der Waals surface area contributed by atoms with E-state index in [1.807, 2.05) is 33.0 Å². The van der Waals surface area contributed by atoms with Crippen molar-refractivity contribution in [3.8, 4) is 5.88 Å². The molecule has 0 saturated heterocycles. The van der Waals surface area contributed by atoms with Crippen LogP contribution in [0.3, 0.4) is 0 Å². The first kappa shape index (κ1) is 13.2. The van der Waals surface area contributed by atoms with E-state index < -0.39 is 0 Å². The van der Waals surface area contributed by atoms with Crippen LogP contribution in [0, 0.1) is 0 Å². The molecule has 6 heteroatoms. The predicted molar refractivity (Wildman–Crippen MR) is 74.9 cm³/mol. The largest absolute Gasteiger partial charge is 0.470 e. The first-order chi connectivity index (χ1) is 8.94. The van der Waals surface area contributed by atoms with E-state index in [1.165, 1.54) is 0 Å². The number of H-pyrrole nitrogens is 1. The number of rotatable bonds is 4. The van der Waals surface area contributed by atoms with Gasteiger partial charge in [0.1, 0.15) is 11.4 Å². The van der Waals surface area contributed by atoms with Gasteiger partial charge in [0, 0.05) is 18.3 Å². The monoisotopic (exact) mass is 261 g/mol. The Bertz CT molecular complexity index is 530. The number of aromatic nitrogens is 3. The summed E-state index contributed by atoms with van der Waals surface area (Å²) >= 11 is 0. The van der Waals surface area contributed by atoms with Crippen LogP contribution in [0.15, 0.2) is 24.5 Å². The number of nitrogens with zero attached hydrogens (tertiary/aromatic N) is 2. The molecular formula is C13H19N5O. The van der Waals surface area contributed by atoms with Gasteiger partial charge in [-0.1, -0.05) is 0 Å². The van der Waals surface area contributed by atoms with E-state index in [0.29, 0.717) is 18.1 Å². The van der Waals surface area contributed by atoms with Crippen LogP contribution in [0.4, 0.5) is 11.5 Å². The van der Waals surface area contributed by atoms with E-state index in [9.17, 15) is 0 Å². The van der Waals surface area contributed by atoms with Crippen molar-refractivity contribution in [2.75, 3.05) is 11.1 Å². The van der Waals surface area contributed by atoms with Crippen LogP contribution in [0.5, 0.6) is 5.88 Å². The average Bonchev–Trinajstić information content (AvgIpc) is 2.81. The maximum atomic E-state index is 5.86. The van der Waals surface area contributed by atoms with Crippen molar-refractivity contribution in [2.24, 2.45) is 0 Å². The molecule has 0 bridgehead atoms. The molecule has 0 aliphatic heterocycles. The van der Waals surface area contributed by atoms with Gasteiger partial charge in [0.25, 0.3) is 0 Å². The lowest BCUT2D eigenvalue weighted by molar-refractivity contribution is 0.125. The van der Waals surface area contributed by atoms with Crippen LogP contribution in [0.1, 0.15) is 26.3 Å². The van der Waals surface area contributed by atoms with Gasteiger partial charge in [-0.25, -0.2) is 0 Å². The molecule has 4 N–H and O–H groups in total. The highest BCUT2D eigenvalue weighted by atomic mass is 16.5. The van der Waals surface area contributed by atoms with Gasteiger partial charge in [-0.2, -0.15) is 10.1 Å². The molecule has 6 nitrogen and oxygen atoms in total. The number of ether oxygens (including phenoxy) is 1. The third-order valence-corrected chi connectivity index (χ3v) is 2.32. The van der Waals surface area contributed by atoms with Crippen molar-refractivity contribution in [1.29, 1.82) is 0 Å². The second-order valence-corrected chi connectivity index (χ2v) is 5.27. The first-order valence-electron chi connectivity index (χ1n) is 6.11. The normalized spacial score (nSPS) is 11.3. The summed E-state index contributed by atoms with van der Waals surface area (Å²) in [6.45, 7) is 6.52. The van der Waals surface area contributed by atoms with Gasteiger partial charge in [-0.3, -0.25) is 5.10 Å². The highest BCUT2D eigenvalue weighted by Gasteiger charge is 2.15. The third kappa shape index (κ3) is 3.87. The molecule has 0 amide bonds. The van der Waals surface area contributed by atoms with Crippen molar-refractivity contribution in [3.05, 3.63) is 30.1 Å². The summed E-state index contributed by atoms with van der Waals surface area (Å²) in [7, 11) is 0. The fraction of sp³-hybridized carbons (Fsp3) is 0.385. The molecule has 2 rings (SSSR count). The van der Waals surface area contributed by atoms with Gasteiger partial charge in [-0.05, 0) is 32.9 Å². The Morgan fingerprint density at radius 1 is 1.37 bits per heavy atom. The van der Waals surface area contributed by atoms with Crippen molar-refractivity contribution in [2.45, 2.75) is 32.9 Å². The van der Waals surface area contributed by atoms with Crippen molar-refractivity contribution in [1.82, 2.24) is 15.2 Å². The molecule has 0 aromatic carbocycles. The summed E-state index contributed by atoms with van der Waals surface area (Å²) in [5.41, 5.74) is 7.11. The van der Waals surface area contributed by atoms with E-state index in [-0.39, 0.29) is 5.60 Å². The lowest BCUT2D eigenvalue weighted by atomic mass is 10.2. The summed E-state index contributed by atoms with van der Waals surface area (Å²) < 4.78 is 5.72. The van der Waals surface area contributed by atoms with E-state index in [2.05, 4.69) is 20.5 Å². The molecular weight excluding hydrogens is 242 g/mol. The molecule has 0 fully saturated rings. The Labute approximate surface area is 112 Å². The van der Waals surface area contributed by atoms with Gasteiger partial charge >= 0.3 is 0 Å². The zero-order chi connectivity index (χ0) is 13.9. The summed E-state index contributed by atoms with van der Waals surface area (Å²) in [5, 5.41) is 9.84. The molecule has 2 aromatic heterocycles. The van der Waals surface area contributed by atoms with Crippen LogP contribution in [-0.2, 0) is 6.54 Å². The minimum absolute atomic E-state index is 0.329. The SMILES string of the molecule is CC(C)(C)Oc1nc(NCc2cn[nH]c2)ccc1N. The topological polar surface area (TPSA) is 88.8 Å². The number of anilines is 2. The zero-order valence-corrected chi connectivity index (χ0v) is 11.4. The van der Waals surface area contributed by atoms with E-state index >= 15 is 0 Å². The van der Waals surface area contributed by atoms with Gasteiger partial charge in [-0.15, -0.1) is 0 Å². The van der Waals surface area contributed by atoms with Crippen molar-refractivity contribution in [3.63, 3.8) is 0 Å². The van der Waals surface area contributed by atoms with Crippen LogP contribution in [0.2, 0.25) is 0 Å². The molecule has 0 spiro atoms. The molecule has 0 radical (unpaired) electrons. The molecule has 2 heterocycles. The quantitative estimate of drug-likeness (QED) is 0.785. The Hall–Kier alpha value is -2.24. The van der Waals surface area contributed by atoms with E-state index in [4.69, 9.17) is 10.5 Å². The van der Waals surface area contributed by atoms with E-state index in [0.717, 1.165) is 11.4 Å². The number of nitrogens with one attached hydrogen (secondary N) is 2. The maximum Gasteiger partial charge on any atom is 0.239 e. The highest BCUT2D eigenvalue weighted by Crippen LogP contribution is 2.25. The molecule has 0 unspecified atom stereocenters. The average molecular weight is 261 g/mol. The Balaban J connectivity index is 2.07. The Morgan fingerprint density at radius 2 is 2.16 bits per heavy atom. The summed E-state index contributed by atoms with van der Waals surface area (Å²) in [4.78, 5) is 4.37. The molecule has 2 aromatic rings. The van der Waals surface area contributed by atoms with Gasteiger partial charge in [0.05, 0.1) is 11.9 Å². The smallest absolute Gasteiger partial charge is 0.239 e. The molecule has 0 aliphatic carbocycles. The number of nitrogens with two attached hydrogens (primary N) is 1. The molecule has 0 saturated carbocycles. The fourth-order valence-electron chi connectivity index (χ4n) is 1.49. The molecule has 0 atom stereocenters. The van der Waals surface area contributed by atoms with Gasteiger partial charge in [0.15, 0.2) is 0 Å². The fourth-order valence-corrected chi connectivity index (χ4v) is 1.49. The number of pyridine rings is 1. The van der Waals surface area contributed by atoms with Crippen LogP contribution in [0.25, 0.3) is 0 Å². The maximum absolute atomic E-state index is 5.86. The minimum atomic E-state index is -0.329. The number of aromatic amines is 1. The second-order valence-electron chi connectivity index (χ2n) is 5.27. The third-order valence-electron chi connectivity index (χ3n) is 2.32. The minimum Gasteiger partial charge on any atom is -0.470 e. The molecule has 19 heavy (non-hydrogen) atoms. The van der Waals surface area contributed by atoms with Gasteiger partial charge in [0.2, 0.25) is 5.88 Å². The second kappa shape index (κ2) is 5.17. The summed E-state index contributed by atoms with van der Waals surface area (Å²) in [5.74, 6) is 1.17. The standard InChI is InChI=1S/C13H19N5O/c1-13(2,3)19-12-10(14)4-5-11(18-12)15-6-9-7-16-17-8-9/h4-5,7-8H,6,14H2,1-3H3,(H,15,18)(H,16,17). The Kier molecular flexibility index (Phi) is 3.59. The Morgan fingerprint density at radius 3 is 2.79 bits per heavy atom. The van der Waals surface area contributed by atoms with Crippen LogP contribution in [-0.4, -0.2) is 20.8 Å². The number of hydrogen-bond acceptors (Lipinski definition) is 5. The first-order valence-corrected chi connectivity index (χ1v) is 6.11. The van der Waals surface area contributed by atoms with Gasteiger partial charge < -0.3 is 15.8 Å². The van der Waals surface area contributed by atoms with Crippen molar-refractivity contribution >= 4 is 11.5 Å². The number of nitrogen functional groups attached to an aromatic ring is 1. The lowest BCUT2D eigenvalue weighted by Gasteiger charge is -2.21. The molecule has 0 aliphatic rings. The number of hydrogen-bond donors (Lipinski definition) is 3.